The minimum Gasteiger partial charge on any atom is -0.384 e. The van der Waals surface area contributed by atoms with Gasteiger partial charge in [0, 0.05) is 44.5 Å². The number of hydrogen-bond acceptors (Lipinski definition) is 4. The zero-order valence-corrected chi connectivity index (χ0v) is 11.2. The van der Waals surface area contributed by atoms with Crippen molar-refractivity contribution in [3.63, 3.8) is 0 Å². The van der Waals surface area contributed by atoms with Crippen molar-refractivity contribution >= 4 is 11.5 Å². The van der Waals surface area contributed by atoms with Gasteiger partial charge in [-0.2, -0.15) is 0 Å². The topological polar surface area (TPSA) is 69.2 Å². The fourth-order valence-electron chi connectivity index (χ4n) is 2.70. The SMILES string of the molecule is N=C(N)c1ccncc1N1CCN(CC2CC2)CC1. The van der Waals surface area contributed by atoms with E-state index >= 15 is 0 Å². The molecule has 3 N–H and O–H groups in total. The molecule has 102 valence electrons. The molecule has 5 nitrogen and oxygen atoms in total. The van der Waals surface area contributed by atoms with Crippen molar-refractivity contribution in [3.05, 3.63) is 24.0 Å². The second kappa shape index (κ2) is 5.17. The molecular formula is C14H21N5. The van der Waals surface area contributed by atoms with E-state index in [0.29, 0.717) is 0 Å². The van der Waals surface area contributed by atoms with Crippen LogP contribution in [0.1, 0.15) is 18.4 Å². The Hall–Kier alpha value is -1.62. The van der Waals surface area contributed by atoms with Crippen LogP contribution in [0, 0.1) is 11.3 Å². The van der Waals surface area contributed by atoms with Crippen molar-refractivity contribution in [3.8, 4) is 0 Å². The van der Waals surface area contributed by atoms with E-state index in [9.17, 15) is 0 Å². The number of nitrogen functional groups attached to an aromatic ring is 1. The molecule has 0 amide bonds. The molecule has 0 aromatic carbocycles. The lowest BCUT2D eigenvalue weighted by molar-refractivity contribution is 0.248. The number of amidine groups is 1. The largest absolute Gasteiger partial charge is 0.384 e. The Morgan fingerprint density at radius 3 is 2.68 bits per heavy atom. The molecule has 5 heteroatoms. The Morgan fingerprint density at radius 2 is 2.05 bits per heavy atom. The number of nitrogens with two attached hydrogens (primary N) is 1. The first kappa shape index (κ1) is 12.4. The molecule has 0 spiro atoms. The second-order valence-electron chi connectivity index (χ2n) is 5.54. The summed E-state index contributed by atoms with van der Waals surface area (Å²) in [7, 11) is 0. The van der Waals surface area contributed by atoms with Crippen LogP contribution in [0.25, 0.3) is 0 Å². The molecule has 1 aromatic heterocycles. The van der Waals surface area contributed by atoms with Crippen molar-refractivity contribution in [2.24, 2.45) is 11.7 Å². The maximum Gasteiger partial charge on any atom is 0.125 e. The fraction of sp³-hybridized carbons (Fsp3) is 0.571. The van der Waals surface area contributed by atoms with Crippen LogP contribution in [-0.2, 0) is 0 Å². The minimum atomic E-state index is 0.123. The number of hydrogen-bond donors (Lipinski definition) is 2. The normalized spacial score (nSPS) is 20.5. The van der Waals surface area contributed by atoms with Gasteiger partial charge in [0.2, 0.25) is 0 Å². The van der Waals surface area contributed by atoms with Gasteiger partial charge in [-0.15, -0.1) is 0 Å². The average Bonchev–Trinajstić information content (AvgIpc) is 3.23. The van der Waals surface area contributed by atoms with E-state index in [1.54, 1.807) is 6.20 Å². The van der Waals surface area contributed by atoms with Gasteiger partial charge in [-0.1, -0.05) is 0 Å². The van der Waals surface area contributed by atoms with E-state index in [4.69, 9.17) is 11.1 Å². The summed E-state index contributed by atoms with van der Waals surface area (Å²) in [6, 6.07) is 1.83. The average molecular weight is 259 g/mol. The lowest BCUT2D eigenvalue weighted by Crippen LogP contribution is -2.47. The van der Waals surface area contributed by atoms with Crippen molar-refractivity contribution < 1.29 is 0 Å². The molecule has 19 heavy (non-hydrogen) atoms. The van der Waals surface area contributed by atoms with Crippen LogP contribution in [-0.4, -0.2) is 48.4 Å². The van der Waals surface area contributed by atoms with Gasteiger partial charge in [-0.05, 0) is 24.8 Å². The van der Waals surface area contributed by atoms with Crippen LogP contribution in [0.3, 0.4) is 0 Å². The van der Waals surface area contributed by atoms with Crippen molar-refractivity contribution in [2.45, 2.75) is 12.8 Å². The highest BCUT2D eigenvalue weighted by atomic mass is 15.3. The number of nitrogens with one attached hydrogen (secondary N) is 1. The molecule has 1 saturated carbocycles. The van der Waals surface area contributed by atoms with Gasteiger partial charge in [-0.3, -0.25) is 15.3 Å². The van der Waals surface area contributed by atoms with Gasteiger partial charge in [0.05, 0.1) is 11.9 Å². The zero-order chi connectivity index (χ0) is 13.2. The smallest absolute Gasteiger partial charge is 0.125 e. The predicted molar refractivity (Wildman–Crippen MR) is 76.6 cm³/mol. The molecule has 0 radical (unpaired) electrons. The predicted octanol–water partition coefficient (Wildman–Crippen LogP) is 0.898. The third-order valence-electron chi connectivity index (χ3n) is 4.02. The minimum absolute atomic E-state index is 0.123. The molecule has 2 heterocycles. The molecule has 1 aromatic rings. The zero-order valence-electron chi connectivity index (χ0n) is 11.2. The summed E-state index contributed by atoms with van der Waals surface area (Å²) < 4.78 is 0. The molecular weight excluding hydrogens is 238 g/mol. The van der Waals surface area contributed by atoms with Gasteiger partial charge < -0.3 is 10.6 Å². The maximum absolute atomic E-state index is 7.65. The summed E-state index contributed by atoms with van der Waals surface area (Å²) in [5.41, 5.74) is 7.44. The van der Waals surface area contributed by atoms with E-state index in [-0.39, 0.29) is 5.84 Å². The Kier molecular flexibility index (Phi) is 3.38. The first-order valence-corrected chi connectivity index (χ1v) is 7.00. The van der Waals surface area contributed by atoms with Crippen LogP contribution in [0.2, 0.25) is 0 Å². The van der Waals surface area contributed by atoms with E-state index in [1.807, 2.05) is 12.3 Å². The third kappa shape index (κ3) is 2.87. The van der Waals surface area contributed by atoms with E-state index in [1.165, 1.54) is 19.4 Å². The maximum atomic E-state index is 7.65. The lowest BCUT2D eigenvalue weighted by atomic mass is 10.1. The van der Waals surface area contributed by atoms with Crippen molar-refractivity contribution in [1.29, 1.82) is 5.41 Å². The summed E-state index contributed by atoms with van der Waals surface area (Å²) in [6.07, 6.45) is 6.35. The van der Waals surface area contributed by atoms with Gasteiger partial charge >= 0.3 is 0 Å². The summed E-state index contributed by atoms with van der Waals surface area (Å²) in [4.78, 5) is 9.03. The lowest BCUT2D eigenvalue weighted by Gasteiger charge is -2.36. The Morgan fingerprint density at radius 1 is 1.32 bits per heavy atom. The molecule has 0 unspecified atom stereocenters. The Balaban J connectivity index is 1.65. The van der Waals surface area contributed by atoms with Gasteiger partial charge in [0.1, 0.15) is 5.84 Å². The van der Waals surface area contributed by atoms with Crippen LogP contribution < -0.4 is 10.6 Å². The standard InChI is InChI=1S/C14H21N5/c15-14(16)12-3-4-17-9-13(12)19-7-5-18(6-8-19)10-11-1-2-11/h3-4,9,11H,1-2,5-8,10H2,(H3,15,16). The van der Waals surface area contributed by atoms with Crippen LogP contribution >= 0.6 is 0 Å². The number of aromatic nitrogens is 1. The van der Waals surface area contributed by atoms with Gasteiger partial charge in [0.15, 0.2) is 0 Å². The summed E-state index contributed by atoms with van der Waals surface area (Å²) in [6.45, 7) is 5.46. The molecule has 1 aliphatic carbocycles. The van der Waals surface area contributed by atoms with Gasteiger partial charge in [0.25, 0.3) is 0 Å². The highest BCUT2D eigenvalue weighted by molar-refractivity contribution is 6.00. The highest BCUT2D eigenvalue weighted by Crippen LogP contribution is 2.30. The summed E-state index contributed by atoms with van der Waals surface area (Å²) in [5, 5.41) is 7.65. The quantitative estimate of drug-likeness (QED) is 0.622. The van der Waals surface area contributed by atoms with Crippen LogP contribution in [0.15, 0.2) is 18.5 Å². The molecule has 1 saturated heterocycles. The van der Waals surface area contributed by atoms with Crippen molar-refractivity contribution in [2.75, 3.05) is 37.6 Å². The monoisotopic (exact) mass is 259 g/mol. The number of piperazine rings is 1. The molecule has 0 atom stereocenters. The first-order chi connectivity index (χ1) is 9.24. The summed E-state index contributed by atoms with van der Waals surface area (Å²) >= 11 is 0. The number of nitrogens with zero attached hydrogens (tertiary/aromatic N) is 3. The van der Waals surface area contributed by atoms with Crippen LogP contribution in [0.5, 0.6) is 0 Å². The second-order valence-corrected chi connectivity index (χ2v) is 5.54. The van der Waals surface area contributed by atoms with E-state index < -0.39 is 0 Å². The number of pyridine rings is 1. The third-order valence-corrected chi connectivity index (χ3v) is 4.02. The van der Waals surface area contributed by atoms with Crippen LogP contribution in [0.4, 0.5) is 5.69 Å². The molecule has 2 fully saturated rings. The Labute approximate surface area is 113 Å². The molecule has 0 bridgehead atoms. The number of rotatable bonds is 4. The first-order valence-electron chi connectivity index (χ1n) is 7.00. The number of anilines is 1. The van der Waals surface area contributed by atoms with Crippen molar-refractivity contribution in [1.82, 2.24) is 9.88 Å². The Bertz CT molecular complexity index is 461. The molecule has 1 aliphatic heterocycles. The highest BCUT2D eigenvalue weighted by Gasteiger charge is 2.27. The van der Waals surface area contributed by atoms with E-state index in [2.05, 4.69) is 14.8 Å². The van der Waals surface area contributed by atoms with Gasteiger partial charge in [-0.25, -0.2) is 0 Å². The summed E-state index contributed by atoms with van der Waals surface area (Å²) in [5.74, 6) is 1.08. The molecule has 3 rings (SSSR count). The molecule has 2 aliphatic rings. The fourth-order valence-corrected chi connectivity index (χ4v) is 2.70. The van der Waals surface area contributed by atoms with E-state index in [0.717, 1.165) is 43.3 Å².